The topological polar surface area (TPSA) is 20.3 Å². The fraction of sp³-hybridized carbons (Fsp3) is 0.462. The van der Waals surface area contributed by atoms with Crippen molar-refractivity contribution < 1.29 is 4.79 Å². The molecule has 1 aliphatic rings. The van der Waals surface area contributed by atoms with Crippen molar-refractivity contribution in [1.82, 2.24) is 0 Å². The van der Waals surface area contributed by atoms with Gasteiger partial charge in [-0.25, -0.2) is 0 Å². The third-order valence-electron chi connectivity index (χ3n) is 3.32. The normalized spacial score (nSPS) is 20.1. The molecule has 0 N–H and O–H groups in total. The average Bonchev–Trinajstić information content (AvgIpc) is 2.77. The standard InChI is InChI=1S/C13H16ClNO/c1-2-10-5-6-15(8-10)13-7-12(14)4-3-11(13)9-16/h3-4,7,9-10H,2,5-6,8H2,1H3. The summed E-state index contributed by atoms with van der Waals surface area (Å²) in [5.74, 6) is 0.749. The molecule has 1 unspecified atom stereocenters. The van der Waals surface area contributed by atoms with Crippen molar-refractivity contribution in [2.24, 2.45) is 5.92 Å². The van der Waals surface area contributed by atoms with Crippen LogP contribution in [0.2, 0.25) is 5.02 Å². The van der Waals surface area contributed by atoms with E-state index >= 15 is 0 Å². The first-order valence-corrected chi connectivity index (χ1v) is 6.12. The highest BCUT2D eigenvalue weighted by molar-refractivity contribution is 6.31. The number of carbonyl (C=O) groups excluding carboxylic acids is 1. The van der Waals surface area contributed by atoms with Gasteiger partial charge in [0, 0.05) is 29.4 Å². The Balaban J connectivity index is 2.26. The summed E-state index contributed by atoms with van der Waals surface area (Å²) in [7, 11) is 0. The summed E-state index contributed by atoms with van der Waals surface area (Å²) in [4.78, 5) is 13.2. The van der Waals surface area contributed by atoms with Gasteiger partial charge in [0.2, 0.25) is 0 Å². The Labute approximate surface area is 101 Å². The summed E-state index contributed by atoms with van der Waals surface area (Å²) >= 11 is 5.98. The van der Waals surface area contributed by atoms with Gasteiger partial charge < -0.3 is 4.90 Å². The predicted molar refractivity (Wildman–Crippen MR) is 67.5 cm³/mol. The maximum Gasteiger partial charge on any atom is 0.152 e. The van der Waals surface area contributed by atoms with E-state index < -0.39 is 0 Å². The maximum atomic E-state index is 11.0. The zero-order valence-corrected chi connectivity index (χ0v) is 10.2. The summed E-state index contributed by atoms with van der Waals surface area (Å²) in [5.41, 5.74) is 1.72. The summed E-state index contributed by atoms with van der Waals surface area (Å²) in [6, 6.07) is 5.45. The summed E-state index contributed by atoms with van der Waals surface area (Å²) < 4.78 is 0. The molecular weight excluding hydrogens is 222 g/mol. The molecule has 1 aromatic carbocycles. The number of hydrogen-bond acceptors (Lipinski definition) is 2. The lowest BCUT2D eigenvalue weighted by Gasteiger charge is -2.20. The van der Waals surface area contributed by atoms with E-state index in [1.807, 2.05) is 6.07 Å². The Morgan fingerprint density at radius 1 is 1.56 bits per heavy atom. The van der Waals surface area contributed by atoms with Crippen LogP contribution < -0.4 is 4.90 Å². The molecule has 16 heavy (non-hydrogen) atoms. The molecule has 1 aromatic rings. The van der Waals surface area contributed by atoms with E-state index in [0.29, 0.717) is 5.02 Å². The smallest absolute Gasteiger partial charge is 0.152 e. The summed E-state index contributed by atoms with van der Waals surface area (Å²) in [6.07, 6.45) is 3.32. The van der Waals surface area contributed by atoms with Crippen molar-refractivity contribution in [3.8, 4) is 0 Å². The van der Waals surface area contributed by atoms with Crippen LogP contribution in [-0.2, 0) is 0 Å². The number of benzene rings is 1. The van der Waals surface area contributed by atoms with E-state index in [1.165, 1.54) is 12.8 Å². The minimum atomic E-state index is 0.695. The highest BCUT2D eigenvalue weighted by Gasteiger charge is 2.22. The molecule has 0 amide bonds. The SMILES string of the molecule is CCC1CCN(c2cc(Cl)ccc2C=O)C1. The Morgan fingerprint density at radius 3 is 3.00 bits per heavy atom. The Bertz CT molecular complexity index is 392. The van der Waals surface area contributed by atoms with E-state index in [4.69, 9.17) is 11.6 Å². The van der Waals surface area contributed by atoms with Gasteiger partial charge in [0.15, 0.2) is 6.29 Å². The fourth-order valence-electron chi connectivity index (χ4n) is 2.28. The minimum absolute atomic E-state index is 0.695. The monoisotopic (exact) mass is 237 g/mol. The van der Waals surface area contributed by atoms with Gasteiger partial charge in [0.1, 0.15) is 0 Å². The van der Waals surface area contributed by atoms with E-state index in [-0.39, 0.29) is 0 Å². The lowest BCUT2D eigenvalue weighted by Crippen LogP contribution is -2.20. The molecule has 0 radical (unpaired) electrons. The van der Waals surface area contributed by atoms with Crippen molar-refractivity contribution >= 4 is 23.6 Å². The van der Waals surface area contributed by atoms with Crippen molar-refractivity contribution in [2.75, 3.05) is 18.0 Å². The zero-order valence-electron chi connectivity index (χ0n) is 9.45. The lowest BCUT2D eigenvalue weighted by molar-refractivity contribution is 0.112. The highest BCUT2D eigenvalue weighted by Crippen LogP contribution is 2.29. The molecule has 1 aliphatic heterocycles. The van der Waals surface area contributed by atoms with Crippen LogP contribution in [0.5, 0.6) is 0 Å². The van der Waals surface area contributed by atoms with Crippen LogP contribution in [0.4, 0.5) is 5.69 Å². The molecule has 1 heterocycles. The van der Waals surface area contributed by atoms with Crippen LogP contribution in [-0.4, -0.2) is 19.4 Å². The van der Waals surface area contributed by atoms with Crippen molar-refractivity contribution in [1.29, 1.82) is 0 Å². The molecular formula is C13H16ClNO. The van der Waals surface area contributed by atoms with Crippen LogP contribution >= 0.6 is 11.6 Å². The second-order valence-corrected chi connectivity index (χ2v) is 4.77. The molecule has 0 saturated carbocycles. The quantitative estimate of drug-likeness (QED) is 0.752. The van der Waals surface area contributed by atoms with Gasteiger partial charge in [-0.2, -0.15) is 0 Å². The molecule has 0 spiro atoms. The van der Waals surface area contributed by atoms with E-state index in [0.717, 1.165) is 36.5 Å². The molecule has 0 aliphatic carbocycles. The molecule has 3 heteroatoms. The molecule has 0 aromatic heterocycles. The maximum absolute atomic E-state index is 11.0. The summed E-state index contributed by atoms with van der Waals surface area (Å²) in [5, 5.41) is 0.695. The lowest BCUT2D eigenvalue weighted by atomic mass is 10.1. The summed E-state index contributed by atoms with van der Waals surface area (Å²) in [6.45, 7) is 4.28. The Kier molecular flexibility index (Phi) is 3.49. The third kappa shape index (κ3) is 2.22. The Hall–Kier alpha value is -1.02. The molecule has 1 saturated heterocycles. The van der Waals surface area contributed by atoms with Gasteiger partial charge >= 0.3 is 0 Å². The van der Waals surface area contributed by atoms with E-state index in [9.17, 15) is 4.79 Å². The van der Waals surface area contributed by atoms with Crippen molar-refractivity contribution in [3.05, 3.63) is 28.8 Å². The molecule has 2 rings (SSSR count). The van der Waals surface area contributed by atoms with E-state index in [2.05, 4.69) is 11.8 Å². The molecule has 0 bridgehead atoms. The van der Waals surface area contributed by atoms with Gasteiger partial charge in [0.05, 0.1) is 0 Å². The molecule has 86 valence electrons. The Morgan fingerprint density at radius 2 is 2.38 bits per heavy atom. The predicted octanol–water partition coefficient (Wildman–Crippen LogP) is 3.39. The number of carbonyl (C=O) groups is 1. The molecule has 1 atom stereocenters. The first-order chi connectivity index (χ1) is 7.74. The van der Waals surface area contributed by atoms with Crippen molar-refractivity contribution in [2.45, 2.75) is 19.8 Å². The zero-order chi connectivity index (χ0) is 11.5. The molecule has 2 nitrogen and oxygen atoms in total. The van der Waals surface area contributed by atoms with E-state index in [1.54, 1.807) is 12.1 Å². The second-order valence-electron chi connectivity index (χ2n) is 4.33. The largest absolute Gasteiger partial charge is 0.371 e. The highest BCUT2D eigenvalue weighted by atomic mass is 35.5. The van der Waals surface area contributed by atoms with Gasteiger partial charge in [-0.05, 0) is 30.5 Å². The number of hydrogen-bond donors (Lipinski definition) is 0. The third-order valence-corrected chi connectivity index (χ3v) is 3.56. The van der Waals surface area contributed by atoms with Gasteiger partial charge in [-0.3, -0.25) is 4.79 Å². The fourth-order valence-corrected chi connectivity index (χ4v) is 2.44. The van der Waals surface area contributed by atoms with Crippen LogP contribution in [0.3, 0.4) is 0 Å². The van der Waals surface area contributed by atoms with Gasteiger partial charge in [-0.1, -0.05) is 24.9 Å². The number of anilines is 1. The van der Waals surface area contributed by atoms with Crippen LogP contribution in [0.25, 0.3) is 0 Å². The number of nitrogens with zero attached hydrogens (tertiary/aromatic N) is 1. The minimum Gasteiger partial charge on any atom is -0.371 e. The van der Waals surface area contributed by atoms with Gasteiger partial charge in [-0.15, -0.1) is 0 Å². The number of rotatable bonds is 3. The van der Waals surface area contributed by atoms with Crippen LogP contribution in [0.15, 0.2) is 18.2 Å². The first kappa shape index (κ1) is 11.5. The second kappa shape index (κ2) is 4.88. The number of halogens is 1. The van der Waals surface area contributed by atoms with Gasteiger partial charge in [0.25, 0.3) is 0 Å². The number of aldehydes is 1. The average molecular weight is 238 g/mol. The van der Waals surface area contributed by atoms with Crippen LogP contribution in [0, 0.1) is 5.92 Å². The molecule has 1 fully saturated rings. The first-order valence-electron chi connectivity index (χ1n) is 5.74. The van der Waals surface area contributed by atoms with Crippen molar-refractivity contribution in [3.63, 3.8) is 0 Å². The van der Waals surface area contributed by atoms with Crippen LogP contribution in [0.1, 0.15) is 30.1 Å².